The molecule has 166 valence electrons. The van der Waals surface area contributed by atoms with E-state index >= 15 is 0 Å². The molecule has 6 rings (SSSR count). The molecule has 3 N–H and O–H groups in total. The Balaban J connectivity index is 1.29. The number of rotatable bonds is 4. The molecule has 0 amide bonds. The summed E-state index contributed by atoms with van der Waals surface area (Å²) >= 11 is 0. The minimum Gasteiger partial charge on any atom is -0.390 e. The molecule has 0 atom stereocenters. The van der Waals surface area contributed by atoms with Gasteiger partial charge in [-0.15, -0.1) is 0 Å². The van der Waals surface area contributed by atoms with E-state index in [4.69, 9.17) is 4.98 Å². The fourth-order valence-electron chi connectivity index (χ4n) is 4.47. The quantitative estimate of drug-likeness (QED) is 0.385. The Morgan fingerprint density at radius 1 is 1.06 bits per heavy atom. The zero-order chi connectivity index (χ0) is 22.4. The van der Waals surface area contributed by atoms with Crippen LogP contribution in [0.2, 0.25) is 0 Å². The molecule has 8 heteroatoms. The lowest BCUT2D eigenvalue weighted by molar-refractivity contribution is 0.0351. The molecule has 1 aliphatic rings. The second kappa shape index (κ2) is 7.60. The molecule has 0 radical (unpaired) electrons. The van der Waals surface area contributed by atoms with E-state index in [9.17, 15) is 5.11 Å². The molecule has 0 unspecified atom stereocenters. The van der Waals surface area contributed by atoms with E-state index in [2.05, 4.69) is 66.2 Å². The van der Waals surface area contributed by atoms with Gasteiger partial charge in [0.2, 0.25) is 0 Å². The third-order valence-electron chi connectivity index (χ3n) is 6.49. The van der Waals surface area contributed by atoms with Gasteiger partial charge in [-0.3, -0.25) is 9.50 Å². The molecule has 0 bridgehead atoms. The van der Waals surface area contributed by atoms with Gasteiger partial charge in [0.15, 0.2) is 11.5 Å². The lowest BCUT2D eigenvalue weighted by Crippen LogP contribution is -2.42. The highest BCUT2D eigenvalue weighted by Crippen LogP contribution is 2.30. The Bertz CT molecular complexity index is 1410. The topological polar surface area (TPSA) is 94.4 Å². The van der Waals surface area contributed by atoms with Crippen molar-refractivity contribution in [3.63, 3.8) is 0 Å². The van der Waals surface area contributed by atoms with Crippen molar-refractivity contribution in [1.82, 2.24) is 24.6 Å². The van der Waals surface area contributed by atoms with Gasteiger partial charge in [0.1, 0.15) is 0 Å². The van der Waals surface area contributed by atoms with Crippen LogP contribution in [-0.2, 0) is 0 Å². The summed E-state index contributed by atoms with van der Waals surface area (Å²) in [4.78, 5) is 11.7. The van der Waals surface area contributed by atoms with Crippen molar-refractivity contribution in [2.45, 2.75) is 25.4 Å². The fraction of sp³-hybridized carbons (Fsp3) is 0.240. The first-order valence-corrected chi connectivity index (χ1v) is 11.2. The number of fused-ring (bicyclic) bond motifs is 3. The smallest absolute Gasteiger partial charge is 0.180 e. The normalized spacial score (nSPS) is 15.9. The van der Waals surface area contributed by atoms with Crippen molar-refractivity contribution in [2.24, 2.45) is 0 Å². The first-order chi connectivity index (χ1) is 16.1. The van der Waals surface area contributed by atoms with Crippen LogP contribution in [0.25, 0.3) is 27.8 Å². The Kier molecular flexibility index (Phi) is 4.55. The third-order valence-corrected chi connectivity index (χ3v) is 6.49. The number of nitrogens with zero attached hydrogens (tertiary/aromatic N) is 5. The monoisotopic (exact) mass is 439 g/mol. The number of hydrogen-bond acceptors (Lipinski definition) is 6. The predicted molar refractivity (Wildman–Crippen MR) is 130 cm³/mol. The number of aromatic nitrogens is 5. The molecule has 1 saturated heterocycles. The lowest BCUT2D eigenvalue weighted by Gasteiger charge is -2.37. The molecule has 5 aromatic rings. The SMILES string of the molecule is CC1(O)CCN(c2ccc(Nc3nc4ccc(-c5cn[nH]c5)cc4n4ccnc34)cc2)CC1. The molecule has 33 heavy (non-hydrogen) atoms. The average molecular weight is 440 g/mol. The van der Waals surface area contributed by atoms with Crippen molar-refractivity contribution < 1.29 is 5.11 Å². The average Bonchev–Trinajstić information content (AvgIpc) is 3.53. The number of benzene rings is 2. The van der Waals surface area contributed by atoms with Crippen molar-refractivity contribution in [3.8, 4) is 11.1 Å². The second-order valence-electron chi connectivity index (χ2n) is 8.93. The van der Waals surface area contributed by atoms with Gasteiger partial charge < -0.3 is 15.3 Å². The molecule has 2 aromatic carbocycles. The van der Waals surface area contributed by atoms with E-state index in [1.165, 1.54) is 5.69 Å². The maximum absolute atomic E-state index is 10.2. The molecule has 1 aliphatic heterocycles. The highest BCUT2D eigenvalue weighted by Gasteiger charge is 2.27. The zero-order valence-electron chi connectivity index (χ0n) is 18.4. The van der Waals surface area contributed by atoms with Gasteiger partial charge in [0.05, 0.1) is 22.8 Å². The molecule has 0 spiro atoms. The highest BCUT2D eigenvalue weighted by molar-refractivity contribution is 5.87. The van der Waals surface area contributed by atoms with Gasteiger partial charge in [0, 0.05) is 48.6 Å². The Morgan fingerprint density at radius 2 is 1.88 bits per heavy atom. The second-order valence-corrected chi connectivity index (χ2v) is 8.93. The number of anilines is 3. The molecule has 0 aliphatic carbocycles. The van der Waals surface area contributed by atoms with Crippen molar-refractivity contribution >= 4 is 33.9 Å². The van der Waals surface area contributed by atoms with E-state index < -0.39 is 5.60 Å². The number of aliphatic hydroxyl groups is 1. The molecule has 8 nitrogen and oxygen atoms in total. The highest BCUT2D eigenvalue weighted by atomic mass is 16.3. The maximum atomic E-state index is 10.2. The van der Waals surface area contributed by atoms with Crippen molar-refractivity contribution in [1.29, 1.82) is 0 Å². The summed E-state index contributed by atoms with van der Waals surface area (Å²) in [7, 11) is 0. The molecular formula is C25H25N7O. The molecule has 4 heterocycles. The maximum Gasteiger partial charge on any atom is 0.180 e. The van der Waals surface area contributed by atoms with Crippen LogP contribution in [0.3, 0.4) is 0 Å². The number of H-pyrrole nitrogens is 1. The van der Waals surface area contributed by atoms with Crippen LogP contribution in [0.15, 0.2) is 67.3 Å². The summed E-state index contributed by atoms with van der Waals surface area (Å²) in [6.45, 7) is 3.64. The molecule has 3 aromatic heterocycles. The molecule has 1 fully saturated rings. The number of piperidine rings is 1. The standard InChI is InChI=1S/C25H25N7O/c1-25(33)8-11-31(12-9-25)20-5-3-19(4-6-20)29-23-24-26-10-13-32(24)22-14-17(2-7-21(22)30-23)18-15-27-28-16-18/h2-7,10,13-16,33H,8-9,11-12H2,1H3,(H,27,28)(H,29,30). The molecular weight excluding hydrogens is 414 g/mol. The minimum absolute atomic E-state index is 0.547. The summed E-state index contributed by atoms with van der Waals surface area (Å²) in [5, 5.41) is 20.6. The van der Waals surface area contributed by atoms with E-state index in [0.29, 0.717) is 5.82 Å². The zero-order valence-corrected chi connectivity index (χ0v) is 18.4. The van der Waals surface area contributed by atoms with Gasteiger partial charge in [-0.25, -0.2) is 9.97 Å². The number of aromatic amines is 1. The summed E-state index contributed by atoms with van der Waals surface area (Å²) in [6, 6.07) is 14.5. The summed E-state index contributed by atoms with van der Waals surface area (Å²) in [6.07, 6.45) is 9.01. The van der Waals surface area contributed by atoms with Crippen molar-refractivity contribution in [2.75, 3.05) is 23.3 Å². The van der Waals surface area contributed by atoms with Gasteiger partial charge >= 0.3 is 0 Å². The summed E-state index contributed by atoms with van der Waals surface area (Å²) in [5.41, 5.74) is 6.32. The van der Waals surface area contributed by atoms with E-state index in [1.807, 2.05) is 31.6 Å². The first kappa shape index (κ1) is 19.8. The Labute approximate surface area is 190 Å². The van der Waals surface area contributed by atoms with Crippen LogP contribution in [0.1, 0.15) is 19.8 Å². The Morgan fingerprint density at radius 3 is 2.64 bits per heavy atom. The van der Waals surface area contributed by atoms with E-state index in [0.717, 1.165) is 59.4 Å². The van der Waals surface area contributed by atoms with Gasteiger partial charge in [-0.2, -0.15) is 5.10 Å². The van der Waals surface area contributed by atoms with Crippen LogP contribution in [-0.4, -0.2) is 48.4 Å². The predicted octanol–water partition coefficient (Wildman–Crippen LogP) is 4.37. The summed E-state index contributed by atoms with van der Waals surface area (Å²) < 4.78 is 2.06. The van der Waals surface area contributed by atoms with Crippen LogP contribution >= 0.6 is 0 Å². The third kappa shape index (κ3) is 3.68. The van der Waals surface area contributed by atoms with Crippen LogP contribution in [0.5, 0.6) is 0 Å². The number of nitrogens with one attached hydrogen (secondary N) is 2. The fourth-order valence-corrected chi connectivity index (χ4v) is 4.47. The van der Waals surface area contributed by atoms with Crippen LogP contribution < -0.4 is 10.2 Å². The van der Waals surface area contributed by atoms with Gasteiger partial charge in [-0.05, 0) is 61.7 Å². The number of imidazole rings is 1. The van der Waals surface area contributed by atoms with Gasteiger partial charge in [-0.1, -0.05) is 6.07 Å². The first-order valence-electron chi connectivity index (χ1n) is 11.2. The van der Waals surface area contributed by atoms with Gasteiger partial charge in [0.25, 0.3) is 0 Å². The Hall–Kier alpha value is -3.91. The molecule has 0 saturated carbocycles. The number of hydrogen-bond donors (Lipinski definition) is 3. The van der Waals surface area contributed by atoms with E-state index in [1.54, 1.807) is 6.20 Å². The van der Waals surface area contributed by atoms with Crippen LogP contribution in [0.4, 0.5) is 17.2 Å². The minimum atomic E-state index is -0.547. The lowest BCUT2D eigenvalue weighted by atomic mass is 9.93. The van der Waals surface area contributed by atoms with E-state index in [-0.39, 0.29) is 0 Å². The van der Waals surface area contributed by atoms with Crippen molar-refractivity contribution in [3.05, 3.63) is 67.3 Å². The van der Waals surface area contributed by atoms with Crippen LogP contribution in [0, 0.1) is 0 Å². The largest absolute Gasteiger partial charge is 0.390 e. The summed E-state index contributed by atoms with van der Waals surface area (Å²) in [5.74, 6) is 0.713.